The van der Waals surface area contributed by atoms with E-state index in [1.807, 2.05) is 6.92 Å². The molecule has 1 N–H and O–H groups in total. The van der Waals surface area contributed by atoms with Crippen LogP contribution in [0.15, 0.2) is 41.1 Å². The van der Waals surface area contributed by atoms with Gasteiger partial charge in [-0.2, -0.15) is 0 Å². The fraction of sp³-hybridized carbons (Fsp3) is 0.133. The first kappa shape index (κ1) is 13.6. The Balaban J connectivity index is 1.87. The fourth-order valence-corrected chi connectivity index (χ4v) is 2.17. The maximum atomic E-state index is 12.2. The molecule has 1 aromatic carbocycles. The Morgan fingerprint density at radius 3 is 3.00 bits per heavy atom. The number of amides is 1. The Kier molecular flexibility index (Phi) is 3.58. The first-order valence-electron chi connectivity index (χ1n) is 6.47. The van der Waals surface area contributed by atoms with Crippen molar-refractivity contribution in [3.63, 3.8) is 0 Å². The van der Waals surface area contributed by atoms with E-state index in [2.05, 4.69) is 15.3 Å². The van der Waals surface area contributed by atoms with Crippen LogP contribution in [-0.2, 0) is 6.42 Å². The van der Waals surface area contributed by atoms with Gasteiger partial charge in [0.25, 0.3) is 5.91 Å². The van der Waals surface area contributed by atoms with E-state index in [9.17, 15) is 4.79 Å². The second-order valence-corrected chi connectivity index (χ2v) is 4.86. The minimum Gasteiger partial charge on any atom is -0.441 e. The zero-order valence-electron chi connectivity index (χ0n) is 11.3. The van der Waals surface area contributed by atoms with E-state index < -0.39 is 0 Å². The molecule has 6 heteroatoms. The molecule has 0 fully saturated rings. The molecule has 1 amide bonds. The summed E-state index contributed by atoms with van der Waals surface area (Å²) in [4.78, 5) is 20.4. The van der Waals surface area contributed by atoms with Gasteiger partial charge in [-0.3, -0.25) is 9.78 Å². The number of oxazole rings is 1. The first-order valence-corrected chi connectivity index (χ1v) is 6.85. The van der Waals surface area contributed by atoms with E-state index in [1.54, 1.807) is 24.3 Å². The summed E-state index contributed by atoms with van der Waals surface area (Å²) >= 11 is 5.95. The monoisotopic (exact) mass is 301 g/mol. The lowest BCUT2D eigenvalue weighted by molar-refractivity contribution is 0.102. The van der Waals surface area contributed by atoms with Crippen LogP contribution in [0.2, 0.25) is 5.02 Å². The number of halogens is 1. The summed E-state index contributed by atoms with van der Waals surface area (Å²) in [5.41, 5.74) is 2.43. The van der Waals surface area contributed by atoms with Gasteiger partial charge in [-0.15, -0.1) is 0 Å². The SMILES string of the molecule is CCc1nc2cc(NC(=O)c3ccncc3Cl)ccc2o1. The Hall–Kier alpha value is -2.40. The summed E-state index contributed by atoms with van der Waals surface area (Å²) in [5.74, 6) is 0.381. The number of benzene rings is 1. The van der Waals surface area contributed by atoms with Crippen LogP contribution in [0.3, 0.4) is 0 Å². The Bertz CT molecular complexity index is 814. The van der Waals surface area contributed by atoms with Gasteiger partial charge in [-0.25, -0.2) is 4.98 Å². The molecule has 0 atom stereocenters. The van der Waals surface area contributed by atoms with Gasteiger partial charge in [0.15, 0.2) is 11.5 Å². The van der Waals surface area contributed by atoms with Gasteiger partial charge in [0.1, 0.15) is 5.52 Å². The highest BCUT2D eigenvalue weighted by atomic mass is 35.5. The van der Waals surface area contributed by atoms with E-state index in [-0.39, 0.29) is 5.91 Å². The molecule has 0 radical (unpaired) electrons. The Morgan fingerprint density at radius 2 is 2.24 bits per heavy atom. The molecule has 0 spiro atoms. The molecule has 3 rings (SSSR count). The Morgan fingerprint density at radius 1 is 1.38 bits per heavy atom. The smallest absolute Gasteiger partial charge is 0.257 e. The van der Waals surface area contributed by atoms with Crippen molar-refractivity contribution in [1.82, 2.24) is 9.97 Å². The molecule has 106 valence electrons. The van der Waals surface area contributed by atoms with Crippen molar-refractivity contribution in [2.75, 3.05) is 5.32 Å². The number of carbonyl (C=O) groups is 1. The van der Waals surface area contributed by atoms with Crippen LogP contribution in [0.4, 0.5) is 5.69 Å². The zero-order valence-corrected chi connectivity index (χ0v) is 12.0. The molecule has 2 heterocycles. The number of anilines is 1. The topological polar surface area (TPSA) is 68.0 Å². The van der Waals surface area contributed by atoms with Gasteiger partial charge in [0.05, 0.1) is 10.6 Å². The number of hydrogen-bond acceptors (Lipinski definition) is 4. The predicted octanol–water partition coefficient (Wildman–Crippen LogP) is 3.69. The van der Waals surface area contributed by atoms with E-state index in [4.69, 9.17) is 16.0 Å². The third kappa shape index (κ3) is 2.73. The first-order chi connectivity index (χ1) is 10.2. The molecule has 0 bridgehead atoms. The number of hydrogen-bond donors (Lipinski definition) is 1. The molecule has 0 aliphatic rings. The third-order valence-corrected chi connectivity index (χ3v) is 3.31. The molecular formula is C15H12ClN3O2. The maximum absolute atomic E-state index is 12.2. The molecule has 5 nitrogen and oxygen atoms in total. The van der Waals surface area contributed by atoms with Crippen LogP contribution in [-0.4, -0.2) is 15.9 Å². The summed E-state index contributed by atoms with van der Waals surface area (Å²) in [6.45, 7) is 1.97. The average Bonchev–Trinajstić information content (AvgIpc) is 2.90. The van der Waals surface area contributed by atoms with E-state index in [0.717, 1.165) is 6.42 Å². The molecule has 0 saturated carbocycles. The molecule has 0 saturated heterocycles. The largest absolute Gasteiger partial charge is 0.441 e. The van der Waals surface area contributed by atoms with Crippen LogP contribution in [0.25, 0.3) is 11.1 Å². The van der Waals surface area contributed by atoms with Gasteiger partial charge in [0.2, 0.25) is 0 Å². The lowest BCUT2D eigenvalue weighted by atomic mass is 10.2. The van der Waals surface area contributed by atoms with Crippen molar-refractivity contribution in [3.8, 4) is 0 Å². The van der Waals surface area contributed by atoms with E-state index >= 15 is 0 Å². The quantitative estimate of drug-likeness (QED) is 0.801. The second kappa shape index (κ2) is 5.54. The van der Waals surface area contributed by atoms with Crippen molar-refractivity contribution >= 4 is 34.3 Å². The molecular weight excluding hydrogens is 290 g/mol. The summed E-state index contributed by atoms with van der Waals surface area (Å²) in [6, 6.07) is 6.89. The Labute approximate surface area is 126 Å². The van der Waals surface area contributed by atoms with Gasteiger partial charge < -0.3 is 9.73 Å². The lowest BCUT2D eigenvalue weighted by Gasteiger charge is -2.05. The van der Waals surface area contributed by atoms with Crippen molar-refractivity contribution in [2.24, 2.45) is 0 Å². The standard InChI is InChI=1S/C15H12ClN3O2/c1-2-14-19-12-7-9(3-4-13(12)21-14)18-15(20)10-5-6-17-8-11(10)16/h3-8H,2H2,1H3,(H,18,20). The fourth-order valence-electron chi connectivity index (χ4n) is 1.96. The minimum atomic E-state index is -0.291. The number of nitrogens with one attached hydrogen (secondary N) is 1. The van der Waals surface area contributed by atoms with Crippen LogP contribution in [0, 0.1) is 0 Å². The van der Waals surface area contributed by atoms with Gasteiger partial charge >= 0.3 is 0 Å². The highest BCUT2D eigenvalue weighted by Crippen LogP contribution is 2.21. The molecule has 0 unspecified atom stereocenters. The summed E-state index contributed by atoms with van der Waals surface area (Å²) in [5, 5.41) is 3.10. The number of pyridine rings is 1. The number of carbonyl (C=O) groups excluding carboxylic acids is 1. The molecule has 2 aromatic heterocycles. The van der Waals surface area contributed by atoms with Gasteiger partial charge in [0, 0.05) is 24.5 Å². The number of rotatable bonds is 3. The van der Waals surface area contributed by atoms with Crippen molar-refractivity contribution in [1.29, 1.82) is 0 Å². The molecule has 3 aromatic rings. The number of nitrogens with zero attached hydrogens (tertiary/aromatic N) is 2. The minimum absolute atomic E-state index is 0.291. The molecule has 0 aliphatic carbocycles. The zero-order chi connectivity index (χ0) is 14.8. The van der Waals surface area contributed by atoms with Crippen LogP contribution >= 0.6 is 11.6 Å². The molecule has 0 aliphatic heterocycles. The van der Waals surface area contributed by atoms with E-state index in [1.165, 1.54) is 12.4 Å². The van der Waals surface area contributed by atoms with Crippen LogP contribution in [0.5, 0.6) is 0 Å². The number of aryl methyl sites for hydroxylation is 1. The number of fused-ring (bicyclic) bond motifs is 1. The highest BCUT2D eigenvalue weighted by Gasteiger charge is 2.11. The van der Waals surface area contributed by atoms with Crippen molar-refractivity contribution < 1.29 is 9.21 Å². The van der Waals surface area contributed by atoms with Crippen molar-refractivity contribution in [3.05, 3.63) is 53.1 Å². The number of aromatic nitrogens is 2. The molecule has 21 heavy (non-hydrogen) atoms. The summed E-state index contributed by atoms with van der Waals surface area (Å²) in [7, 11) is 0. The third-order valence-electron chi connectivity index (χ3n) is 3.01. The highest BCUT2D eigenvalue weighted by molar-refractivity contribution is 6.34. The van der Waals surface area contributed by atoms with E-state index in [0.29, 0.717) is 33.3 Å². The predicted molar refractivity (Wildman–Crippen MR) is 80.6 cm³/mol. The lowest BCUT2D eigenvalue weighted by Crippen LogP contribution is -2.12. The normalized spacial score (nSPS) is 10.8. The average molecular weight is 302 g/mol. The van der Waals surface area contributed by atoms with Crippen molar-refractivity contribution in [2.45, 2.75) is 13.3 Å². The second-order valence-electron chi connectivity index (χ2n) is 4.45. The summed E-state index contributed by atoms with van der Waals surface area (Å²) < 4.78 is 5.53. The summed E-state index contributed by atoms with van der Waals surface area (Å²) in [6.07, 6.45) is 3.68. The van der Waals surface area contributed by atoms with Crippen LogP contribution < -0.4 is 5.32 Å². The van der Waals surface area contributed by atoms with Gasteiger partial charge in [-0.05, 0) is 24.3 Å². The van der Waals surface area contributed by atoms with Crippen LogP contribution in [0.1, 0.15) is 23.2 Å². The van der Waals surface area contributed by atoms with Gasteiger partial charge in [-0.1, -0.05) is 18.5 Å². The maximum Gasteiger partial charge on any atom is 0.257 e.